The maximum Gasteiger partial charge on any atom is 1.00 e. The summed E-state index contributed by atoms with van der Waals surface area (Å²) in [6, 6.07) is 70.8. The molecule has 0 amide bonds. The molecule has 5 N–H and O–H groups in total. The zero-order valence-corrected chi connectivity index (χ0v) is 80.4. The third-order valence-corrected chi connectivity index (χ3v) is 24.3. The van der Waals surface area contributed by atoms with Crippen LogP contribution in [0.4, 0.5) is 0 Å². The molecule has 15 atom stereocenters. The van der Waals surface area contributed by atoms with Crippen molar-refractivity contribution in [2.24, 2.45) is 23.7 Å². The number of aromatic hydroxyl groups is 1. The summed E-state index contributed by atoms with van der Waals surface area (Å²) in [5, 5.41) is 59.8. The van der Waals surface area contributed by atoms with Gasteiger partial charge in [0.25, 0.3) is 0 Å². The van der Waals surface area contributed by atoms with Gasteiger partial charge in [0, 0.05) is 94.1 Å². The van der Waals surface area contributed by atoms with Crippen molar-refractivity contribution in [2.45, 2.75) is 160 Å². The molecule has 0 saturated carbocycles. The Balaban J connectivity index is 0.000000159. The maximum atomic E-state index is 12.3. The van der Waals surface area contributed by atoms with Crippen molar-refractivity contribution in [1.82, 2.24) is 43.1 Å². The number of aliphatic hydroxyl groups excluding tert-OH is 4. The second-order valence-corrected chi connectivity index (χ2v) is 33.9. The number of rotatable bonds is 26. The number of hydrogen-bond acceptors (Lipinski definition) is 28. The van der Waals surface area contributed by atoms with Crippen LogP contribution in [0.1, 0.15) is 124 Å². The maximum absolute atomic E-state index is 12.3. The van der Waals surface area contributed by atoms with Crippen LogP contribution < -0.4 is 44.1 Å². The van der Waals surface area contributed by atoms with E-state index >= 15 is 0 Å². The van der Waals surface area contributed by atoms with Crippen LogP contribution in [0.2, 0.25) is 0 Å². The molecule has 0 spiro atoms. The number of benzene rings is 6. The number of fused-ring (bicyclic) bond motifs is 3. The number of aromatic nitrogens is 9. The number of furan rings is 3. The fourth-order valence-electron chi connectivity index (χ4n) is 16.2. The number of halogens is 1. The van der Waals surface area contributed by atoms with Gasteiger partial charge >= 0.3 is 53.4 Å². The predicted molar refractivity (Wildman–Crippen MR) is 497 cm³/mol. The van der Waals surface area contributed by atoms with Gasteiger partial charge < -0.3 is 86.5 Å². The average Bonchev–Trinajstić information content (AvgIpc) is 1.61. The van der Waals surface area contributed by atoms with Gasteiger partial charge in [-0.25, -0.2) is 29.9 Å². The van der Waals surface area contributed by atoms with Crippen LogP contribution in [0.5, 0.6) is 17.6 Å². The summed E-state index contributed by atoms with van der Waals surface area (Å²) >= 11 is 3.36. The summed E-state index contributed by atoms with van der Waals surface area (Å²) in [6.45, 7) is 13.1. The molecule has 15 aromatic rings. The van der Waals surface area contributed by atoms with E-state index in [1.807, 2.05) is 233 Å². The molecule has 3 aliphatic heterocycles. The minimum atomic E-state index is -1.58. The fourth-order valence-corrected chi connectivity index (χ4v) is 17.1. The van der Waals surface area contributed by atoms with Crippen LogP contribution in [0.25, 0.3) is 50.7 Å². The zero-order valence-electron chi connectivity index (χ0n) is 76.9. The van der Waals surface area contributed by atoms with Gasteiger partial charge in [0.05, 0.1) is 91.0 Å². The van der Waals surface area contributed by atoms with Crippen LogP contribution in [0.15, 0.2) is 269 Å². The monoisotopic (exact) mass is 1920 g/mol. The van der Waals surface area contributed by atoms with Gasteiger partial charge in [0.15, 0.2) is 23.0 Å². The van der Waals surface area contributed by atoms with Crippen molar-refractivity contribution in [1.29, 1.82) is 0 Å². The number of carbonyl (C=O) groups excluding carboxylic acids is 4. The molecule has 3 saturated heterocycles. The van der Waals surface area contributed by atoms with Crippen LogP contribution in [-0.2, 0) is 90.9 Å². The molecule has 12 heterocycles. The quantitative estimate of drug-likeness (QED) is 0.0145. The number of ether oxygens (including phenoxy) is 9. The molecule has 0 radical (unpaired) electrons. The van der Waals surface area contributed by atoms with Crippen LogP contribution in [-0.4, -0.2) is 186 Å². The predicted octanol–water partition coefficient (Wildman–Crippen LogP) is 11.1. The number of nitrogens with zero attached hydrogens (tertiary/aromatic N) is 9. The van der Waals surface area contributed by atoms with Crippen molar-refractivity contribution in [3.05, 3.63) is 324 Å². The van der Waals surface area contributed by atoms with Crippen LogP contribution >= 0.6 is 15.9 Å². The van der Waals surface area contributed by atoms with Gasteiger partial charge in [-0.15, -0.1) is 0 Å². The normalized spacial score (nSPS) is 21.1. The Morgan fingerprint density at radius 2 is 0.721 bits per heavy atom. The Bertz CT molecular complexity index is 6340. The van der Waals surface area contributed by atoms with Gasteiger partial charge in [-0.2, -0.15) is 7.11 Å². The van der Waals surface area contributed by atoms with E-state index in [-0.39, 0.29) is 114 Å². The summed E-state index contributed by atoms with van der Waals surface area (Å²) in [5.41, 5.74) is 14.1. The topological polar surface area (TPSA) is 406 Å². The fraction of sp³-hybridized carbons (Fsp3) is 0.320. The minimum absolute atomic E-state index is 0. The van der Waals surface area contributed by atoms with E-state index in [4.69, 9.17) is 90.9 Å². The van der Waals surface area contributed by atoms with Gasteiger partial charge in [-0.1, -0.05) is 226 Å². The van der Waals surface area contributed by atoms with E-state index in [0.717, 1.165) is 69.0 Å². The summed E-state index contributed by atoms with van der Waals surface area (Å²) in [7, 11) is 0.750. The molecular weight excluding hydrogens is 1820 g/mol. The van der Waals surface area contributed by atoms with Crippen molar-refractivity contribution in [3.8, 4) is 51.4 Å². The Morgan fingerprint density at radius 3 is 1.10 bits per heavy atom. The van der Waals surface area contributed by atoms with Crippen LogP contribution in [0.3, 0.4) is 0 Å². The Morgan fingerprint density at radius 1 is 0.382 bits per heavy atom. The van der Waals surface area contributed by atoms with Crippen molar-refractivity contribution >= 4 is 56.7 Å². The molecule has 6 aromatic carbocycles. The zero-order chi connectivity index (χ0) is 95.3. The molecule has 136 heavy (non-hydrogen) atoms. The first-order chi connectivity index (χ1) is 65.4. The number of carbonyl (C=O) groups is 4. The third kappa shape index (κ3) is 25.2. The van der Waals surface area contributed by atoms with Gasteiger partial charge in [-0.05, 0) is 64.9 Å². The van der Waals surface area contributed by atoms with Crippen molar-refractivity contribution in [3.63, 3.8) is 0 Å². The first kappa shape index (κ1) is 101. The van der Waals surface area contributed by atoms with Crippen molar-refractivity contribution < 1.29 is 135 Å². The number of hydrogen-bond donors (Lipinski definition) is 5. The van der Waals surface area contributed by atoms with Gasteiger partial charge in [-0.3, -0.25) is 32.4 Å². The second-order valence-electron chi connectivity index (χ2n) is 33.0. The summed E-state index contributed by atoms with van der Waals surface area (Å²) in [4.78, 5) is 75.4. The molecule has 9 aromatic heterocycles. The summed E-state index contributed by atoms with van der Waals surface area (Å²) in [6.07, 6.45) is 3.11. The minimum Gasteiger partial charge on any atom is -0.857 e. The largest absolute Gasteiger partial charge is 1.00 e. The Hall–Kier alpha value is -12.5. The molecule has 0 aliphatic carbocycles. The van der Waals surface area contributed by atoms with E-state index in [1.54, 1.807) is 39.9 Å². The van der Waals surface area contributed by atoms with Crippen LogP contribution in [0, 0.1) is 23.7 Å². The van der Waals surface area contributed by atoms with E-state index in [2.05, 4.69) is 40.2 Å². The first-order valence-corrected chi connectivity index (χ1v) is 45.2. The van der Waals surface area contributed by atoms with E-state index in [9.17, 15) is 44.7 Å². The number of aliphatic hydroxyl groups is 4. The molecule has 0 bridgehead atoms. The molecule has 3 fully saturated rings. The van der Waals surface area contributed by atoms with Crippen molar-refractivity contribution in [2.75, 3.05) is 26.9 Å². The van der Waals surface area contributed by atoms with Gasteiger partial charge in [0.1, 0.15) is 83.1 Å². The smallest absolute Gasteiger partial charge is 0.857 e. The third-order valence-electron chi connectivity index (χ3n) is 23.6. The molecule has 15 unspecified atom stereocenters. The molecule has 704 valence electrons. The van der Waals surface area contributed by atoms with Gasteiger partial charge in [0.2, 0.25) is 30.2 Å². The van der Waals surface area contributed by atoms with E-state index < -0.39 is 67.7 Å². The molecule has 33 heteroatoms. The molecule has 18 rings (SSSR count). The molecule has 3 aliphatic rings. The number of imidazole rings is 3. The number of esters is 4. The number of alkyl halides is 1. The molecular formula is C103H107BrN9NaO22. The summed E-state index contributed by atoms with van der Waals surface area (Å²) < 4.78 is 74.2. The standard InChI is InChI=1S/C36H37N3O7.C30H29N3O7.C24H19N3O2.C12H19BrO5.CH3O.Na/c1-22-23(2)33(44-25(4)41)36(45-32(22)21-43-24(3)40)46-35-30(19-28-16-11-17-42-28)38-34-29(18-26-12-7-5-8-13-26)37-31(20-39(34)35)27-14-9-6-10-15-27;34-17-24-25(35)26(36)27(37)30(39-24)40-29-22(15-20-12-7-13-38-20)32-28-21(14-18-8-3-1-4-9-18)31-23(16-33(28)29)19-10-5-2-6-11-19;28-24-21(15-19-12-7-13-29-19)26-23-20(14-17-8-3-1-4-9-17)25-22(16-27(23)24)18-10-5-2-6-11-18;1-6-7(2)11(17-9(4)15)12(13)18-10(6)5-16-8(3)14;1-2;/h5-17,20,22-23,32-33,36H,18-19,21H2,1-4H3;1-13,16,24-27,30,34-37H,14-15,17H2;1-13,16,28H,14-15H2;6-7,10-12H,5H2,1-4H3;1H3;/q;;;;-1;+1. The second kappa shape index (κ2) is 47.8. The van der Waals surface area contributed by atoms with E-state index in [0.29, 0.717) is 94.9 Å². The SMILES string of the molecule is CC(=O)OCC1OC(Br)C(OC(C)=O)C(C)C1C.CC(=O)OCC1OC(Oc2c(Cc3ccco3)nc3c(Cc4ccccc4)nc(-c4ccccc4)cn23)C(OC(C)=O)C(C)C1C.C[O-].OCC1OC(Oc2c(Cc3ccco3)nc3c(Cc4ccccc4)nc(-c4ccccc4)cn23)C(O)C(O)C1O.Oc1c(Cc2ccco2)nc2c(Cc3ccccc3)nc(-c3ccccc3)cn12.[Na+]. The summed E-state index contributed by atoms with van der Waals surface area (Å²) in [5.74, 6) is 1.34. The average molecular weight is 1930 g/mol. The first-order valence-electron chi connectivity index (χ1n) is 44.3. The molecule has 31 nitrogen and oxygen atoms in total. The Kier molecular flexibility index (Phi) is 35.4. The Labute approximate surface area is 815 Å². The van der Waals surface area contributed by atoms with E-state index in [1.165, 1.54) is 27.7 Å².